The number of rotatable bonds is 2. The predicted molar refractivity (Wildman–Crippen MR) is 73.2 cm³/mol. The van der Waals surface area contributed by atoms with Gasteiger partial charge in [0.05, 0.1) is 0 Å². The highest BCUT2D eigenvalue weighted by atomic mass is 35.5. The molecule has 0 amide bonds. The summed E-state index contributed by atoms with van der Waals surface area (Å²) in [6, 6.07) is 0. The lowest BCUT2D eigenvalue weighted by Crippen LogP contribution is -2.65. The van der Waals surface area contributed by atoms with Crippen LogP contribution >= 0.6 is 69.6 Å². The molecule has 0 aliphatic heterocycles. The van der Waals surface area contributed by atoms with Crippen LogP contribution in [-0.2, 0) is 9.59 Å². The van der Waals surface area contributed by atoms with Gasteiger partial charge in [0.25, 0.3) is 0 Å². The second-order valence-corrected chi connectivity index (χ2v) is 7.91. The maximum Gasteiger partial charge on any atom is 0.331 e. The number of alkyl halides is 6. The molecule has 0 bridgehead atoms. The minimum Gasteiger partial charge on any atom is -0.480 e. The van der Waals surface area contributed by atoms with E-state index in [4.69, 9.17) is 74.7 Å². The van der Waals surface area contributed by atoms with E-state index in [-0.39, 0.29) is 0 Å². The van der Waals surface area contributed by atoms with Crippen molar-refractivity contribution in [2.75, 3.05) is 0 Å². The van der Waals surface area contributed by atoms with E-state index in [1.54, 1.807) is 0 Å². The third-order valence-electron chi connectivity index (χ3n) is 3.45. The topological polar surface area (TPSA) is 74.6 Å². The number of halogens is 6. The van der Waals surface area contributed by atoms with Crippen molar-refractivity contribution in [1.82, 2.24) is 0 Å². The summed E-state index contributed by atoms with van der Waals surface area (Å²) in [4.78, 5) is 13.6. The smallest absolute Gasteiger partial charge is 0.331 e. The predicted octanol–water partition coefficient (Wildman–Crippen LogP) is 2.82. The fourth-order valence-electron chi connectivity index (χ4n) is 2.24. The average Bonchev–Trinajstić information content (AvgIpc) is 2.65. The first-order valence-corrected chi connectivity index (χ1v) is 6.92. The molecule has 2 rings (SSSR count). The SMILES string of the molecule is O=C(O)C1(Cl)C=CC2(Cl)C(Cl)(Cl)C2(Cl)C1(Cl)C(=O)O. The van der Waals surface area contributed by atoms with Gasteiger partial charge in [-0.1, -0.05) is 47.0 Å². The number of hydrogen-bond donors (Lipinski definition) is 2. The van der Waals surface area contributed by atoms with Crippen LogP contribution in [0.25, 0.3) is 0 Å². The van der Waals surface area contributed by atoms with E-state index < -0.39 is 35.8 Å². The minimum absolute atomic E-state index is 0.831. The van der Waals surface area contributed by atoms with Crippen LogP contribution in [0.2, 0.25) is 0 Å². The summed E-state index contributed by atoms with van der Waals surface area (Å²) in [5, 5.41) is 18.5. The highest BCUT2D eigenvalue weighted by Gasteiger charge is 2.98. The summed E-state index contributed by atoms with van der Waals surface area (Å²) in [5.74, 6) is -3.50. The van der Waals surface area contributed by atoms with Gasteiger partial charge in [0.15, 0.2) is 14.1 Å². The molecule has 4 nitrogen and oxygen atoms in total. The Kier molecular flexibility index (Phi) is 3.15. The number of aliphatic carboxylic acids is 2. The van der Waals surface area contributed by atoms with Crippen molar-refractivity contribution in [3.05, 3.63) is 12.2 Å². The zero-order chi connectivity index (χ0) is 15.1. The Morgan fingerprint density at radius 3 is 1.68 bits per heavy atom. The summed E-state index contributed by atoms with van der Waals surface area (Å²) in [5.41, 5.74) is 0. The Morgan fingerprint density at radius 2 is 1.32 bits per heavy atom. The van der Waals surface area contributed by atoms with Crippen LogP contribution in [0.5, 0.6) is 0 Å². The van der Waals surface area contributed by atoms with Gasteiger partial charge in [-0.2, -0.15) is 0 Å². The first-order valence-electron chi connectivity index (χ1n) is 4.65. The lowest BCUT2D eigenvalue weighted by molar-refractivity contribution is -0.149. The molecule has 0 aromatic heterocycles. The molecule has 4 unspecified atom stereocenters. The van der Waals surface area contributed by atoms with E-state index in [0.29, 0.717) is 0 Å². The fraction of sp³-hybridized carbons (Fsp3) is 0.556. The zero-order valence-electron chi connectivity index (χ0n) is 8.63. The number of fused-ring (bicyclic) bond motifs is 1. The van der Waals surface area contributed by atoms with Crippen molar-refractivity contribution in [2.45, 2.75) is 23.8 Å². The monoisotopic (exact) mass is 386 g/mol. The largest absolute Gasteiger partial charge is 0.480 e. The summed E-state index contributed by atoms with van der Waals surface area (Å²) in [6.07, 6.45) is 1.89. The van der Waals surface area contributed by atoms with Crippen LogP contribution in [0, 0.1) is 0 Å². The Hall–Kier alpha value is 0.420. The van der Waals surface area contributed by atoms with Gasteiger partial charge in [-0.3, -0.25) is 4.79 Å². The van der Waals surface area contributed by atoms with Gasteiger partial charge >= 0.3 is 11.9 Å². The molecule has 0 aromatic rings. The van der Waals surface area contributed by atoms with Gasteiger partial charge in [-0.05, 0) is 0 Å². The second kappa shape index (κ2) is 3.79. The van der Waals surface area contributed by atoms with Crippen LogP contribution in [0.15, 0.2) is 12.2 Å². The number of hydrogen-bond acceptors (Lipinski definition) is 2. The second-order valence-electron chi connectivity index (χ2n) is 4.26. The van der Waals surface area contributed by atoms with Crippen molar-refractivity contribution in [3.63, 3.8) is 0 Å². The van der Waals surface area contributed by atoms with E-state index in [1.807, 2.05) is 0 Å². The standard InChI is InChI=1S/C9H4Cl6O4/c10-5(3(16)17)1-2-6(11)8(13,9(6,14)15)7(5,12)4(18)19/h1-2H,(H,16,17)(H,18,19). The highest BCUT2D eigenvalue weighted by molar-refractivity contribution is 6.71. The molecule has 0 heterocycles. The molecule has 1 fully saturated rings. The molecule has 0 spiro atoms. The molecule has 0 radical (unpaired) electrons. The Bertz CT molecular complexity index is 535. The molecule has 2 aliphatic rings. The molecule has 4 atom stereocenters. The van der Waals surface area contributed by atoms with Crippen molar-refractivity contribution >= 4 is 81.5 Å². The Labute approximate surface area is 137 Å². The van der Waals surface area contributed by atoms with Crippen molar-refractivity contribution in [2.24, 2.45) is 0 Å². The summed E-state index contributed by atoms with van der Waals surface area (Å²) in [6.45, 7) is 0. The number of allylic oxidation sites excluding steroid dienone is 1. The molecule has 0 aromatic carbocycles. The maximum absolute atomic E-state index is 11.5. The number of carbonyl (C=O) groups is 2. The summed E-state index contributed by atoms with van der Waals surface area (Å²) < 4.78 is -1.99. The lowest BCUT2D eigenvalue weighted by Gasteiger charge is -2.40. The molecule has 19 heavy (non-hydrogen) atoms. The summed E-state index contributed by atoms with van der Waals surface area (Å²) in [7, 11) is 0. The van der Waals surface area contributed by atoms with Crippen LogP contribution in [0.4, 0.5) is 0 Å². The zero-order valence-corrected chi connectivity index (χ0v) is 13.2. The van der Waals surface area contributed by atoms with E-state index in [1.165, 1.54) is 0 Å². The van der Waals surface area contributed by atoms with Crippen LogP contribution < -0.4 is 0 Å². The van der Waals surface area contributed by atoms with E-state index in [9.17, 15) is 14.7 Å². The van der Waals surface area contributed by atoms with E-state index in [2.05, 4.69) is 0 Å². The Morgan fingerprint density at radius 1 is 0.842 bits per heavy atom. The van der Waals surface area contributed by atoms with E-state index in [0.717, 1.165) is 12.2 Å². The first kappa shape index (κ1) is 15.8. The molecule has 2 aliphatic carbocycles. The molecular weight excluding hydrogens is 385 g/mol. The van der Waals surface area contributed by atoms with Gasteiger partial charge in [0, 0.05) is 0 Å². The maximum atomic E-state index is 11.5. The van der Waals surface area contributed by atoms with Gasteiger partial charge in [-0.25, -0.2) is 4.79 Å². The molecular formula is C9H4Cl6O4. The van der Waals surface area contributed by atoms with Crippen molar-refractivity contribution in [1.29, 1.82) is 0 Å². The highest BCUT2D eigenvalue weighted by Crippen LogP contribution is 2.81. The summed E-state index contributed by atoms with van der Waals surface area (Å²) >= 11 is 35.8. The van der Waals surface area contributed by atoms with Crippen LogP contribution in [0.3, 0.4) is 0 Å². The normalized spacial score (nSPS) is 50.4. The van der Waals surface area contributed by atoms with Gasteiger partial charge < -0.3 is 10.2 Å². The molecule has 2 N–H and O–H groups in total. The minimum atomic E-state index is -2.74. The number of carboxylic acids is 2. The van der Waals surface area contributed by atoms with Crippen LogP contribution in [0.1, 0.15) is 0 Å². The average molecular weight is 389 g/mol. The lowest BCUT2D eigenvalue weighted by atomic mass is 9.81. The van der Waals surface area contributed by atoms with Crippen LogP contribution in [-0.4, -0.2) is 46.0 Å². The third-order valence-corrected chi connectivity index (χ3v) is 8.17. The van der Waals surface area contributed by atoms with Crippen molar-refractivity contribution in [3.8, 4) is 0 Å². The van der Waals surface area contributed by atoms with Crippen molar-refractivity contribution < 1.29 is 19.8 Å². The molecule has 106 valence electrons. The Balaban J connectivity index is 2.80. The van der Waals surface area contributed by atoms with Gasteiger partial charge in [-0.15, -0.1) is 34.8 Å². The molecule has 1 saturated carbocycles. The molecule has 10 heteroatoms. The quantitative estimate of drug-likeness (QED) is 0.563. The fourth-order valence-corrected chi connectivity index (χ4v) is 5.27. The first-order chi connectivity index (χ1) is 8.34. The van der Waals surface area contributed by atoms with E-state index >= 15 is 0 Å². The number of carboxylic acid groups (broad SMARTS) is 2. The molecule has 0 saturated heterocycles. The third kappa shape index (κ3) is 1.27. The van der Waals surface area contributed by atoms with Gasteiger partial charge in [0.2, 0.25) is 0 Å². The van der Waals surface area contributed by atoms with Gasteiger partial charge in [0.1, 0.15) is 9.75 Å².